The Hall–Kier alpha value is -3.01. The Balaban J connectivity index is 1.66. The van der Waals surface area contributed by atoms with Crippen molar-refractivity contribution < 1.29 is 9.53 Å². The zero-order valence-electron chi connectivity index (χ0n) is 15.9. The van der Waals surface area contributed by atoms with Crippen LogP contribution in [0.15, 0.2) is 79.0 Å². The second kappa shape index (κ2) is 9.08. The summed E-state index contributed by atoms with van der Waals surface area (Å²) >= 11 is 0. The molecule has 1 amide bonds. The Morgan fingerprint density at radius 1 is 0.963 bits per heavy atom. The molecule has 3 rings (SSSR count). The molecule has 0 saturated carbocycles. The standard InChI is InChI=1S/C23H26N2O2/c1-19(2)25(23(26)18-27-22-13-7-4-8-14-22)17-21-12-9-15-24(21)16-20-10-5-3-6-11-20/h3-15,19H,16-18H2,1-2H3. The van der Waals surface area contributed by atoms with E-state index in [1.165, 1.54) is 5.56 Å². The van der Waals surface area contributed by atoms with Crippen molar-refractivity contribution in [2.24, 2.45) is 0 Å². The summed E-state index contributed by atoms with van der Waals surface area (Å²) in [5.41, 5.74) is 2.35. The molecule has 0 saturated heterocycles. The van der Waals surface area contributed by atoms with E-state index in [0.717, 1.165) is 12.2 Å². The van der Waals surface area contributed by atoms with Gasteiger partial charge in [-0.1, -0.05) is 48.5 Å². The van der Waals surface area contributed by atoms with Gasteiger partial charge in [0.1, 0.15) is 5.75 Å². The Morgan fingerprint density at radius 3 is 2.30 bits per heavy atom. The highest BCUT2D eigenvalue weighted by molar-refractivity contribution is 5.78. The number of nitrogens with zero attached hydrogens (tertiary/aromatic N) is 2. The lowest BCUT2D eigenvalue weighted by Crippen LogP contribution is -2.40. The van der Waals surface area contributed by atoms with Gasteiger partial charge in [-0.15, -0.1) is 0 Å². The molecule has 1 aromatic heterocycles. The van der Waals surface area contributed by atoms with Crippen LogP contribution in [0.4, 0.5) is 0 Å². The van der Waals surface area contributed by atoms with E-state index in [-0.39, 0.29) is 18.6 Å². The van der Waals surface area contributed by atoms with E-state index in [1.54, 1.807) is 0 Å². The average Bonchev–Trinajstić information content (AvgIpc) is 3.12. The van der Waals surface area contributed by atoms with Crippen molar-refractivity contribution in [2.75, 3.05) is 6.61 Å². The van der Waals surface area contributed by atoms with Gasteiger partial charge in [0.15, 0.2) is 6.61 Å². The van der Waals surface area contributed by atoms with Gasteiger partial charge in [0, 0.05) is 24.5 Å². The molecule has 0 aliphatic carbocycles. The predicted octanol–water partition coefficient (Wildman–Crippen LogP) is 4.35. The average molecular weight is 362 g/mol. The summed E-state index contributed by atoms with van der Waals surface area (Å²) in [6, 6.07) is 24.0. The molecule has 4 heteroatoms. The van der Waals surface area contributed by atoms with Gasteiger partial charge >= 0.3 is 0 Å². The number of ether oxygens (including phenoxy) is 1. The van der Waals surface area contributed by atoms with E-state index < -0.39 is 0 Å². The minimum atomic E-state index is -0.0127. The number of hydrogen-bond donors (Lipinski definition) is 0. The van der Waals surface area contributed by atoms with Crippen LogP contribution < -0.4 is 4.74 Å². The minimum absolute atomic E-state index is 0.0127. The summed E-state index contributed by atoms with van der Waals surface area (Å²) in [6.07, 6.45) is 2.06. The van der Waals surface area contributed by atoms with Crippen molar-refractivity contribution in [2.45, 2.75) is 33.0 Å². The molecule has 27 heavy (non-hydrogen) atoms. The molecule has 0 bridgehead atoms. The maximum Gasteiger partial charge on any atom is 0.261 e. The first-order valence-electron chi connectivity index (χ1n) is 9.29. The lowest BCUT2D eigenvalue weighted by atomic mass is 10.2. The first-order chi connectivity index (χ1) is 13.1. The summed E-state index contributed by atoms with van der Waals surface area (Å²) < 4.78 is 7.84. The lowest BCUT2D eigenvalue weighted by molar-refractivity contribution is -0.135. The molecule has 0 N–H and O–H groups in total. The largest absolute Gasteiger partial charge is 0.484 e. The van der Waals surface area contributed by atoms with E-state index in [2.05, 4.69) is 29.0 Å². The smallest absolute Gasteiger partial charge is 0.261 e. The van der Waals surface area contributed by atoms with E-state index >= 15 is 0 Å². The molecule has 140 valence electrons. The van der Waals surface area contributed by atoms with Gasteiger partial charge in [0.05, 0.1) is 6.54 Å². The van der Waals surface area contributed by atoms with Crippen LogP contribution in [0.1, 0.15) is 25.1 Å². The Morgan fingerprint density at radius 2 is 1.63 bits per heavy atom. The lowest BCUT2D eigenvalue weighted by Gasteiger charge is -2.27. The highest BCUT2D eigenvalue weighted by Crippen LogP contribution is 2.14. The van der Waals surface area contributed by atoms with Gasteiger partial charge in [0.2, 0.25) is 0 Å². The zero-order chi connectivity index (χ0) is 19.1. The number of benzene rings is 2. The van der Waals surface area contributed by atoms with Crippen molar-refractivity contribution in [3.63, 3.8) is 0 Å². The normalized spacial score (nSPS) is 10.8. The molecule has 0 fully saturated rings. The van der Waals surface area contributed by atoms with Crippen molar-refractivity contribution in [1.82, 2.24) is 9.47 Å². The molecule has 2 aromatic carbocycles. The van der Waals surface area contributed by atoms with Gasteiger partial charge in [-0.25, -0.2) is 0 Å². The SMILES string of the molecule is CC(C)N(Cc1cccn1Cc1ccccc1)C(=O)COc1ccccc1. The number of rotatable bonds is 8. The van der Waals surface area contributed by atoms with Crippen molar-refractivity contribution >= 4 is 5.91 Å². The maximum atomic E-state index is 12.7. The highest BCUT2D eigenvalue weighted by atomic mass is 16.5. The summed E-state index contributed by atoms with van der Waals surface area (Å²) in [7, 11) is 0. The molecule has 0 unspecified atom stereocenters. The summed E-state index contributed by atoms with van der Waals surface area (Å²) in [6.45, 7) is 5.47. The fourth-order valence-electron chi connectivity index (χ4n) is 3.01. The molecule has 4 nitrogen and oxygen atoms in total. The van der Waals surface area contributed by atoms with Crippen LogP contribution in [-0.4, -0.2) is 28.0 Å². The quantitative estimate of drug-likeness (QED) is 0.597. The van der Waals surface area contributed by atoms with Crippen LogP contribution in [0.2, 0.25) is 0 Å². The van der Waals surface area contributed by atoms with Crippen LogP contribution in [-0.2, 0) is 17.9 Å². The molecular weight excluding hydrogens is 336 g/mol. The molecule has 0 spiro atoms. The predicted molar refractivity (Wildman–Crippen MR) is 108 cm³/mol. The number of amides is 1. The second-order valence-electron chi connectivity index (χ2n) is 6.83. The summed E-state index contributed by atoms with van der Waals surface area (Å²) in [5, 5.41) is 0. The summed E-state index contributed by atoms with van der Waals surface area (Å²) in [4.78, 5) is 14.6. The fraction of sp³-hybridized carbons (Fsp3) is 0.261. The van der Waals surface area contributed by atoms with Crippen LogP contribution in [0, 0.1) is 0 Å². The third-order valence-electron chi connectivity index (χ3n) is 4.50. The zero-order valence-corrected chi connectivity index (χ0v) is 15.9. The third-order valence-corrected chi connectivity index (χ3v) is 4.50. The van der Waals surface area contributed by atoms with Gasteiger partial charge in [0.25, 0.3) is 5.91 Å². The summed E-state index contributed by atoms with van der Waals surface area (Å²) in [5.74, 6) is 0.698. The van der Waals surface area contributed by atoms with E-state index in [1.807, 2.05) is 73.3 Å². The third kappa shape index (κ3) is 5.23. The highest BCUT2D eigenvalue weighted by Gasteiger charge is 2.19. The van der Waals surface area contributed by atoms with Crippen LogP contribution in [0.3, 0.4) is 0 Å². The topological polar surface area (TPSA) is 34.5 Å². The van der Waals surface area contributed by atoms with Gasteiger partial charge in [-0.3, -0.25) is 4.79 Å². The molecule has 0 aliphatic heterocycles. The van der Waals surface area contributed by atoms with Gasteiger partial charge in [-0.05, 0) is 43.7 Å². The molecule has 0 atom stereocenters. The Kier molecular flexibility index (Phi) is 6.31. The molecular formula is C23H26N2O2. The molecule has 3 aromatic rings. The van der Waals surface area contributed by atoms with Crippen LogP contribution >= 0.6 is 0 Å². The van der Waals surface area contributed by atoms with Crippen molar-refractivity contribution in [1.29, 1.82) is 0 Å². The van der Waals surface area contributed by atoms with Gasteiger partial charge < -0.3 is 14.2 Å². The second-order valence-corrected chi connectivity index (χ2v) is 6.83. The maximum absolute atomic E-state index is 12.7. The van der Waals surface area contributed by atoms with Crippen LogP contribution in [0.25, 0.3) is 0 Å². The molecule has 0 radical (unpaired) electrons. The number of aromatic nitrogens is 1. The number of carbonyl (C=O) groups is 1. The Bertz CT molecular complexity index is 841. The van der Waals surface area contributed by atoms with E-state index in [0.29, 0.717) is 12.3 Å². The van der Waals surface area contributed by atoms with E-state index in [9.17, 15) is 4.79 Å². The molecule has 0 aliphatic rings. The van der Waals surface area contributed by atoms with Gasteiger partial charge in [-0.2, -0.15) is 0 Å². The number of carbonyl (C=O) groups excluding carboxylic acids is 1. The monoisotopic (exact) mass is 362 g/mol. The first kappa shape index (κ1) is 18.8. The van der Waals surface area contributed by atoms with Crippen molar-refractivity contribution in [3.8, 4) is 5.75 Å². The van der Waals surface area contributed by atoms with E-state index in [4.69, 9.17) is 4.74 Å². The number of para-hydroxylation sites is 1. The minimum Gasteiger partial charge on any atom is -0.484 e. The fourth-order valence-corrected chi connectivity index (χ4v) is 3.01. The molecule has 1 heterocycles. The Labute approximate surface area is 161 Å². The first-order valence-corrected chi connectivity index (χ1v) is 9.29. The number of hydrogen-bond acceptors (Lipinski definition) is 2. The van der Waals surface area contributed by atoms with Crippen molar-refractivity contribution in [3.05, 3.63) is 90.3 Å². The van der Waals surface area contributed by atoms with Crippen LogP contribution in [0.5, 0.6) is 5.75 Å².